The fourth-order valence-electron chi connectivity index (χ4n) is 2.22. The Morgan fingerprint density at radius 1 is 1.18 bits per heavy atom. The van der Waals surface area contributed by atoms with Crippen LogP contribution in [-0.2, 0) is 0 Å². The molecule has 0 amide bonds. The van der Waals surface area contributed by atoms with Crippen LogP contribution in [0.5, 0.6) is 0 Å². The predicted octanol–water partition coefficient (Wildman–Crippen LogP) is 4.60. The zero-order valence-electron chi connectivity index (χ0n) is 11.6. The van der Waals surface area contributed by atoms with E-state index in [4.69, 9.17) is 4.42 Å². The van der Waals surface area contributed by atoms with Crippen LogP contribution in [0.2, 0.25) is 0 Å². The summed E-state index contributed by atoms with van der Waals surface area (Å²) in [6.07, 6.45) is 9.51. The van der Waals surface area contributed by atoms with Gasteiger partial charge >= 0.3 is 0 Å². The molecule has 1 atom stereocenters. The lowest BCUT2D eigenvalue weighted by atomic mass is 10.0. The molecule has 17 heavy (non-hydrogen) atoms. The van der Waals surface area contributed by atoms with Gasteiger partial charge in [-0.2, -0.15) is 0 Å². The van der Waals surface area contributed by atoms with Gasteiger partial charge in [0.05, 0.1) is 6.26 Å². The van der Waals surface area contributed by atoms with Gasteiger partial charge in [0.1, 0.15) is 5.76 Å². The van der Waals surface area contributed by atoms with Crippen LogP contribution >= 0.6 is 0 Å². The minimum absolute atomic E-state index is 0.477. The van der Waals surface area contributed by atoms with E-state index in [1.54, 1.807) is 6.26 Å². The summed E-state index contributed by atoms with van der Waals surface area (Å²) in [4.78, 5) is 0. The molecule has 1 unspecified atom stereocenters. The van der Waals surface area contributed by atoms with Crippen molar-refractivity contribution in [1.29, 1.82) is 0 Å². The van der Waals surface area contributed by atoms with Crippen molar-refractivity contribution in [2.45, 2.75) is 65.3 Å². The Kier molecular flexibility index (Phi) is 7.02. The molecule has 0 radical (unpaired) electrons. The lowest BCUT2D eigenvalue weighted by molar-refractivity contribution is 0.456. The van der Waals surface area contributed by atoms with Gasteiger partial charge in [-0.3, -0.25) is 0 Å². The number of nitrogens with one attached hydrogen (secondary N) is 1. The van der Waals surface area contributed by atoms with Gasteiger partial charge in [-0.05, 0) is 32.4 Å². The van der Waals surface area contributed by atoms with E-state index in [9.17, 15) is 0 Å². The van der Waals surface area contributed by atoms with E-state index in [0.717, 1.165) is 12.3 Å². The third-order valence-corrected chi connectivity index (χ3v) is 3.26. The smallest absolute Gasteiger partial charge is 0.105 e. The van der Waals surface area contributed by atoms with Crippen molar-refractivity contribution in [2.24, 2.45) is 0 Å². The molecule has 1 N–H and O–H groups in total. The second-order valence-electron chi connectivity index (χ2n) is 4.79. The highest BCUT2D eigenvalue weighted by Gasteiger charge is 2.14. The number of rotatable bonds is 9. The van der Waals surface area contributed by atoms with Crippen LogP contribution in [0.15, 0.2) is 16.7 Å². The molecule has 1 aromatic heterocycles. The highest BCUT2D eigenvalue weighted by molar-refractivity contribution is 5.20. The average Bonchev–Trinajstić information content (AvgIpc) is 2.75. The van der Waals surface area contributed by atoms with Crippen molar-refractivity contribution < 1.29 is 4.42 Å². The first-order valence-corrected chi connectivity index (χ1v) is 7.07. The second kappa shape index (κ2) is 8.35. The van der Waals surface area contributed by atoms with Gasteiger partial charge < -0.3 is 9.73 Å². The fourth-order valence-corrected chi connectivity index (χ4v) is 2.22. The van der Waals surface area contributed by atoms with Crippen molar-refractivity contribution in [2.75, 3.05) is 6.54 Å². The topological polar surface area (TPSA) is 25.2 Å². The molecule has 0 saturated carbocycles. The largest absolute Gasteiger partial charge is 0.469 e. The summed E-state index contributed by atoms with van der Waals surface area (Å²) in [6.45, 7) is 7.61. The lowest BCUT2D eigenvalue weighted by Gasteiger charge is -2.18. The van der Waals surface area contributed by atoms with Crippen LogP contribution in [0.4, 0.5) is 0 Å². The van der Waals surface area contributed by atoms with Crippen molar-refractivity contribution in [1.82, 2.24) is 5.32 Å². The maximum Gasteiger partial charge on any atom is 0.105 e. The highest BCUT2D eigenvalue weighted by atomic mass is 16.3. The Hall–Kier alpha value is -0.760. The summed E-state index contributed by atoms with van der Waals surface area (Å²) in [5, 5.41) is 3.63. The summed E-state index contributed by atoms with van der Waals surface area (Å²) in [5.41, 5.74) is 1.34. The molecule has 1 rings (SSSR count). The Balaban J connectivity index is 2.46. The average molecular weight is 237 g/mol. The summed E-state index contributed by atoms with van der Waals surface area (Å²) < 4.78 is 5.41. The molecule has 0 aliphatic carbocycles. The van der Waals surface area contributed by atoms with Gasteiger partial charge in [-0.15, -0.1) is 0 Å². The first-order valence-electron chi connectivity index (χ1n) is 7.07. The Labute approximate surface area is 106 Å². The van der Waals surface area contributed by atoms with Crippen molar-refractivity contribution in [3.8, 4) is 0 Å². The summed E-state index contributed by atoms with van der Waals surface area (Å²) >= 11 is 0. The molecule has 0 bridgehead atoms. The summed E-state index contributed by atoms with van der Waals surface area (Å²) in [7, 11) is 0. The molecular formula is C15H27NO. The van der Waals surface area contributed by atoms with Crippen LogP contribution in [-0.4, -0.2) is 6.54 Å². The molecule has 1 heterocycles. The Morgan fingerprint density at radius 3 is 2.59 bits per heavy atom. The van der Waals surface area contributed by atoms with E-state index < -0.39 is 0 Å². The van der Waals surface area contributed by atoms with Crippen LogP contribution in [0.25, 0.3) is 0 Å². The van der Waals surface area contributed by atoms with Crippen LogP contribution < -0.4 is 5.32 Å². The standard InChI is InChI=1S/C15H27NO/c1-4-6-7-8-9-15(16-11-5-2)14-10-12-17-13(14)3/h10,12,15-16H,4-9,11H2,1-3H3. The van der Waals surface area contributed by atoms with Gasteiger partial charge in [0.15, 0.2) is 0 Å². The molecular weight excluding hydrogens is 210 g/mol. The molecule has 0 aromatic carbocycles. The van der Waals surface area contributed by atoms with E-state index in [1.807, 2.05) is 0 Å². The van der Waals surface area contributed by atoms with Crippen LogP contribution in [0.1, 0.15) is 69.7 Å². The molecule has 0 saturated heterocycles. The first kappa shape index (κ1) is 14.3. The Bertz CT molecular complexity index is 293. The minimum Gasteiger partial charge on any atom is -0.469 e. The fraction of sp³-hybridized carbons (Fsp3) is 0.733. The van der Waals surface area contributed by atoms with Crippen molar-refractivity contribution >= 4 is 0 Å². The maximum absolute atomic E-state index is 5.41. The first-order chi connectivity index (χ1) is 8.29. The number of unbranched alkanes of at least 4 members (excludes halogenated alkanes) is 3. The number of furan rings is 1. The number of hydrogen-bond donors (Lipinski definition) is 1. The van der Waals surface area contributed by atoms with Gasteiger partial charge in [0, 0.05) is 11.6 Å². The molecule has 0 spiro atoms. The van der Waals surface area contributed by atoms with E-state index in [-0.39, 0.29) is 0 Å². The van der Waals surface area contributed by atoms with Gasteiger partial charge in [0.25, 0.3) is 0 Å². The summed E-state index contributed by atoms with van der Waals surface area (Å²) in [6, 6.07) is 2.59. The van der Waals surface area contributed by atoms with Gasteiger partial charge in [-0.25, -0.2) is 0 Å². The predicted molar refractivity (Wildman–Crippen MR) is 73.2 cm³/mol. The monoisotopic (exact) mass is 237 g/mol. The van der Waals surface area contributed by atoms with Crippen LogP contribution in [0, 0.1) is 6.92 Å². The number of hydrogen-bond acceptors (Lipinski definition) is 2. The normalized spacial score (nSPS) is 12.9. The van der Waals surface area contributed by atoms with E-state index in [2.05, 4.69) is 32.2 Å². The van der Waals surface area contributed by atoms with Gasteiger partial charge in [0.2, 0.25) is 0 Å². The highest BCUT2D eigenvalue weighted by Crippen LogP contribution is 2.24. The lowest BCUT2D eigenvalue weighted by Crippen LogP contribution is -2.22. The maximum atomic E-state index is 5.41. The summed E-state index contributed by atoms with van der Waals surface area (Å²) in [5.74, 6) is 1.06. The molecule has 0 aliphatic heterocycles. The van der Waals surface area contributed by atoms with E-state index in [1.165, 1.54) is 44.1 Å². The zero-order chi connectivity index (χ0) is 12.5. The van der Waals surface area contributed by atoms with Crippen molar-refractivity contribution in [3.63, 3.8) is 0 Å². The van der Waals surface area contributed by atoms with Gasteiger partial charge in [-0.1, -0.05) is 39.5 Å². The molecule has 0 aliphatic rings. The SMILES string of the molecule is CCCCCCC(NCCC)c1ccoc1C. The molecule has 1 aromatic rings. The molecule has 0 fully saturated rings. The minimum atomic E-state index is 0.477. The van der Waals surface area contributed by atoms with E-state index in [0.29, 0.717) is 6.04 Å². The van der Waals surface area contributed by atoms with Crippen molar-refractivity contribution in [3.05, 3.63) is 23.7 Å². The molecule has 98 valence electrons. The quantitative estimate of drug-likeness (QED) is 0.635. The third-order valence-electron chi connectivity index (χ3n) is 3.26. The molecule has 2 heteroatoms. The molecule has 2 nitrogen and oxygen atoms in total. The Morgan fingerprint density at radius 2 is 2.00 bits per heavy atom. The zero-order valence-corrected chi connectivity index (χ0v) is 11.6. The second-order valence-corrected chi connectivity index (χ2v) is 4.79. The third kappa shape index (κ3) is 4.95. The van der Waals surface area contributed by atoms with Crippen LogP contribution in [0.3, 0.4) is 0 Å². The number of aryl methyl sites for hydroxylation is 1. The van der Waals surface area contributed by atoms with E-state index >= 15 is 0 Å².